The van der Waals surface area contributed by atoms with Crippen molar-refractivity contribution in [1.29, 1.82) is 0 Å². The van der Waals surface area contributed by atoms with E-state index < -0.39 is 17.5 Å². The van der Waals surface area contributed by atoms with Crippen molar-refractivity contribution in [3.8, 4) is 0 Å². The van der Waals surface area contributed by atoms with Gasteiger partial charge in [-0.2, -0.15) is 0 Å². The summed E-state index contributed by atoms with van der Waals surface area (Å²) in [7, 11) is 0. The second-order valence-electron chi connectivity index (χ2n) is 7.80. The van der Waals surface area contributed by atoms with Gasteiger partial charge in [0.2, 0.25) is 0 Å². The molecule has 0 saturated carbocycles. The van der Waals surface area contributed by atoms with E-state index >= 15 is 0 Å². The second kappa shape index (κ2) is 12.7. The summed E-state index contributed by atoms with van der Waals surface area (Å²) < 4.78 is 25.0. The molecule has 0 radical (unpaired) electrons. The van der Waals surface area contributed by atoms with Crippen molar-refractivity contribution in [3.63, 3.8) is 0 Å². The maximum absolute atomic E-state index is 14.5. The molecule has 0 aliphatic carbocycles. The first kappa shape index (κ1) is 25.2. The molecule has 29 heavy (non-hydrogen) atoms. The van der Waals surface area contributed by atoms with E-state index in [0.717, 1.165) is 37.4 Å². The SMILES string of the molecule is CCCCC(CC)COC(=O)CCSc1nccc(NC(=O)OC(C)(C)C)c1F. The van der Waals surface area contributed by atoms with Crippen molar-refractivity contribution < 1.29 is 23.5 Å². The zero-order valence-corrected chi connectivity index (χ0v) is 18.9. The van der Waals surface area contributed by atoms with E-state index in [1.807, 2.05) is 0 Å². The normalized spacial score (nSPS) is 12.3. The Balaban J connectivity index is 2.48. The topological polar surface area (TPSA) is 77.5 Å². The van der Waals surface area contributed by atoms with Gasteiger partial charge in [0.05, 0.1) is 18.7 Å². The Hall–Kier alpha value is -1.83. The van der Waals surface area contributed by atoms with Crippen LogP contribution in [-0.4, -0.2) is 35.0 Å². The minimum atomic E-state index is -0.740. The summed E-state index contributed by atoms with van der Waals surface area (Å²) >= 11 is 1.10. The monoisotopic (exact) mass is 428 g/mol. The molecular formula is C21H33FN2O4S. The predicted octanol–water partition coefficient (Wildman–Crippen LogP) is 5.81. The van der Waals surface area contributed by atoms with Crippen LogP contribution in [0.15, 0.2) is 17.3 Å². The van der Waals surface area contributed by atoms with Crippen LogP contribution < -0.4 is 5.32 Å². The van der Waals surface area contributed by atoms with Gasteiger partial charge in [-0.25, -0.2) is 14.2 Å². The summed E-state index contributed by atoms with van der Waals surface area (Å²) in [6.45, 7) is 9.84. The van der Waals surface area contributed by atoms with Gasteiger partial charge in [-0.1, -0.05) is 33.1 Å². The van der Waals surface area contributed by atoms with Crippen LogP contribution in [0.25, 0.3) is 0 Å². The van der Waals surface area contributed by atoms with E-state index in [1.165, 1.54) is 12.3 Å². The molecule has 1 rings (SSSR count). The zero-order chi connectivity index (χ0) is 21.9. The number of nitrogens with one attached hydrogen (secondary N) is 1. The maximum Gasteiger partial charge on any atom is 0.412 e. The number of hydrogen-bond donors (Lipinski definition) is 1. The van der Waals surface area contributed by atoms with Crippen LogP contribution in [0.1, 0.15) is 66.7 Å². The lowest BCUT2D eigenvalue weighted by molar-refractivity contribution is -0.144. The number of esters is 1. The molecule has 1 amide bonds. The van der Waals surface area contributed by atoms with Gasteiger partial charge in [0.1, 0.15) is 10.6 Å². The third kappa shape index (κ3) is 10.5. The summed E-state index contributed by atoms with van der Waals surface area (Å²) in [5.41, 5.74) is -0.695. The number of anilines is 1. The second-order valence-corrected chi connectivity index (χ2v) is 8.89. The molecule has 1 unspecified atom stereocenters. The van der Waals surface area contributed by atoms with Crippen LogP contribution in [0.4, 0.5) is 14.9 Å². The maximum atomic E-state index is 14.5. The first-order valence-electron chi connectivity index (χ1n) is 10.1. The average molecular weight is 429 g/mol. The summed E-state index contributed by atoms with van der Waals surface area (Å²) in [4.78, 5) is 27.7. The first-order valence-corrected chi connectivity index (χ1v) is 11.1. The molecule has 1 heterocycles. The molecule has 0 bridgehead atoms. The Labute approximate surface area is 177 Å². The van der Waals surface area contributed by atoms with Gasteiger partial charge in [-0.15, -0.1) is 11.8 Å². The fourth-order valence-electron chi connectivity index (χ4n) is 2.45. The summed E-state index contributed by atoms with van der Waals surface area (Å²) in [5.74, 6) is -0.218. The first-order chi connectivity index (χ1) is 13.7. The van der Waals surface area contributed by atoms with Gasteiger partial charge in [-0.3, -0.25) is 10.1 Å². The number of carbonyl (C=O) groups excluding carboxylic acids is 2. The van der Waals surface area contributed by atoms with E-state index in [0.29, 0.717) is 18.3 Å². The van der Waals surface area contributed by atoms with Gasteiger partial charge >= 0.3 is 12.1 Å². The molecule has 1 aromatic rings. The van der Waals surface area contributed by atoms with Crippen LogP contribution in [-0.2, 0) is 14.3 Å². The van der Waals surface area contributed by atoms with Crippen molar-refractivity contribution in [2.45, 2.75) is 77.3 Å². The number of aromatic nitrogens is 1. The van der Waals surface area contributed by atoms with Gasteiger partial charge in [0.25, 0.3) is 0 Å². The molecule has 0 aliphatic rings. The molecule has 0 spiro atoms. The van der Waals surface area contributed by atoms with Gasteiger partial charge in [-0.05, 0) is 39.2 Å². The number of unbranched alkanes of at least 4 members (excludes halogenated alkanes) is 1. The number of nitrogens with zero attached hydrogens (tertiary/aromatic N) is 1. The van der Waals surface area contributed by atoms with Crippen molar-refractivity contribution in [3.05, 3.63) is 18.1 Å². The van der Waals surface area contributed by atoms with Crippen molar-refractivity contribution in [2.75, 3.05) is 17.7 Å². The number of amides is 1. The summed E-state index contributed by atoms with van der Waals surface area (Å²) in [6, 6.07) is 1.36. The third-order valence-corrected chi connectivity index (χ3v) is 5.03. The third-order valence-electron chi connectivity index (χ3n) is 4.06. The van der Waals surface area contributed by atoms with Crippen molar-refractivity contribution >= 4 is 29.5 Å². The van der Waals surface area contributed by atoms with Crippen LogP contribution in [0.2, 0.25) is 0 Å². The molecule has 0 aliphatic heterocycles. The minimum absolute atomic E-state index is 0.0129. The number of ether oxygens (including phenoxy) is 2. The van der Waals surface area contributed by atoms with E-state index in [4.69, 9.17) is 9.47 Å². The van der Waals surface area contributed by atoms with Crippen LogP contribution in [0, 0.1) is 11.7 Å². The van der Waals surface area contributed by atoms with Gasteiger partial charge in [0, 0.05) is 11.9 Å². The number of rotatable bonds is 11. The molecular weight excluding hydrogens is 395 g/mol. The molecule has 1 N–H and O–H groups in total. The van der Waals surface area contributed by atoms with Crippen molar-refractivity contribution in [1.82, 2.24) is 4.98 Å². The Morgan fingerprint density at radius 2 is 2.03 bits per heavy atom. The molecule has 1 aromatic heterocycles. The Morgan fingerprint density at radius 3 is 2.66 bits per heavy atom. The Kier molecular flexibility index (Phi) is 11.0. The van der Waals surface area contributed by atoms with Gasteiger partial charge < -0.3 is 9.47 Å². The number of hydrogen-bond acceptors (Lipinski definition) is 6. The van der Waals surface area contributed by atoms with E-state index in [1.54, 1.807) is 20.8 Å². The van der Waals surface area contributed by atoms with Crippen molar-refractivity contribution in [2.24, 2.45) is 5.92 Å². The van der Waals surface area contributed by atoms with Gasteiger partial charge in [0.15, 0.2) is 5.82 Å². The van der Waals surface area contributed by atoms with Crippen LogP contribution in [0.5, 0.6) is 0 Å². The zero-order valence-electron chi connectivity index (χ0n) is 18.0. The Bertz CT molecular complexity index is 665. The Morgan fingerprint density at radius 1 is 1.31 bits per heavy atom. The standard InChI is InChI=1S/C21H33FN2O4S/c1-6-8-9-15(7-2)14-27-17(25)11-13-29-19-18(22)16(10-12-23-19)24-20(26)28-21(3,4)5/h10,12,15H,6-9,11,13-14H2,1-5H3,(H,23,24,26). The highest BCUT2D eigenvalue weighted by atomic mass is 32.2. The number of pyridine rings is 1. The van der Waals surface area contributed by atoms with E-state index in [2.05, 4.69) is 24.1 Å². The fourth-order valence-corrected chi connectivity index (χ4v) is 3.28. The molecule has 164 valence electrons. The lowest BCUT2D eigenvalue weighted by Crippen LogP contribution is -2.27. The molecule has 0 fully saturated rings. The molecule has 6 nitrogen and oxygen atoms in total. The van der Waals surface area contributed by atoms with E-state index in [9.17, 15) is 14.0 Å². The molecule has 0 saturated heterocycles. The minimum Gasteiger partial charge on any atom is -0.465 e. The lowest BCUT2D eigenvalue weighted by Gasteiger charge is -2.20. The van der Waals surface area contributed by atoms with E-state index in [-0.39, 0.29) is 23.1 Å². The molecule has 0 aromatic carbocycles. The number of carbonyl (C=O) groups is 2. The number of halogens is 1. The summed E-state index contributed by atoms with van der Waals surface area (Å²) in [5, 5.41) is 2.49. The quantitative estimate of drug-likeness (QED) is 0.354. The highest BCUT2D eigenvalue weighted by Crippen LogP contribution is 2.26. The fraction of sp³-hybridized carbons (Fsp3) is 0.667. The highest BCUT2D eigenvalue weighted by Gasteiger charge is 2.19. The molecule has 1 atom stereocenters. The van der Waals surface area contributed by atoms with Crippen LogP contribution in [0.3, 0.4) is 0 Å². The largest absolute Gasteiger partial charge is 0.465 e. The lowest BCUT2D eigenvalue weighted by atomic mass is 10.0. The summed E-state index contributed by atoms with van der Waals surface area (Å²) in [6.07, 6.45) is 5.12. The highest BCUT2D eigenvalue weighted by molar-refractivity contribution is 7.99. The van der Waals surface area contributed by atoms with Crippen LogP contribution >= 0.6 is 11.8 Å². The smallest absolute Gasteiger partial charge is 0.412 e. The predicted molar refractivity (Wildman–Crippen MR) is 114 cm³/mol. The average Bonchev–Trinajstić information content (AvgIpc) is 2.63. The molecule has 8 heteroatoms. The number of thioether (sulfide) groups is 1.